The lowest BCUT2D eigenvalue weighted by molar-refractivity contribution is 0.0754. The number of alkyl halides is 1. The highest BCUT2D eigenvalue weighted by atomic mass is 35.5. The lowest BCUT2D eigenvalue weighted by Gasteiger charge is -2.22. The molecule has 2 aromatic rings. The van der Waals surface area contributed by atoms with E-state index in [0.29, 0.717) is 24.5 Å². The summed E-state index contributed by atoms with van der Waals surface area (Å²) in [6, 6.07) is 19.2. The monoisotopic (exact) mass is 273 g/mol. The lowest BCUT2D eigenvalue weighted by atomic mass is 10.1. The molecule has 0 atom stereocenters. The fraction of sp³-hybridized carbons (Fsp3) is 0.188. The summed E-state index contributed by atoms with van der Waals surface area (Å²) in [5.41, 5.74) is 1.81. The number of amides is 1. The van der Waals surface area contributed by atoms with Gasteiger partial charge in [0.15, 0.2) is 0 Å². The summed E-state index contributed by atoms with van der Waals surface area (Å²) in [5, 5.41) is 0. The number of hydrogen-bond acceptors (Lipinski definition) is 1. The topological polar surface area (TPSA) is 20.3 Å². The van der Waals surface area contributed by atoms with Gasteiger partial charge in [0, 0.05) is 24.5 Å². The first-order chi connectivity index (χ1) is 9.31. The van der Waals surface area contributed by atoms with Gasteiger partial charge in [-0.05, 0) is 17.7 Å². The van der Waals surface area contributed by atoms with Gasteiger partial charge in [0.1, 0.15) is 0 Å². The molecule has 2 aromatic carbocycles. The largest absolute Gasteiger partial charge is 0.333 e. The Morgan fingerprint density at radius 3 is 2.11 bits per heavy atom. The summed E-state index contributed by atoms with van der Waals surface area (Å²) in [5.74, 6) is 0.455. The highest BCUT2D eigenvalue weighted by molar-refractivity contribution is 6.18. The second-order valence-corrected chi connectivity index (χ2v) is 4.65. The molecule has 2 nitrogen and oxygen atoms in total. The maximum atomic E-state index is 12.4. The second kappa shape index (κ2) is 6.95. The minimum atomic E-state index is 0.0186. The van der Waals surface area contributed by atoms with E-state index in [9.17, 15) is 4.79 Å². The summed E-state index contributed by atoms with van der Waals surface area (Å²) in [6.45, 7) is 1.13. The quantitative estimate of drug-likeness (QED) is 0.763. The zero-order valence-electron chi connectivity index (χ0n) is 10.6. The average molecular weight is 274 g/mol. The van der Waals surface area contributed by atoms with Crippen LogP contribution in [0.5, 0.6) is 0 Å². The molecule has 2 rings (SSSR count). The summed E-state index contributed by atoms with van der Waals surface area (Å²) in [4.78, 5) is 14.2. The van der Waals surface area contributed by atoms with E-state index < -0.39 is 0 Å². The summed E-state index contributed by atoms with van der Waals surface area (Å²) in [6.07, 6.45) is 0. The molecule has 0 aliphatic heterocycles. The zero-order valence-corrected chi connectivity index (χ0v) is 11.4. The van der Waals surface area contributed by atoms with E-state index in [2.05, 4.69) is 0 Å². The Morgan fingerprint density at radius 2 is 1.53 bits per heavy atom. The summed E-state index contributed by atoms with van der Waals surface area (Å²) in [7, 11) is 0. The van der Waals surface area contributed by atoms with E-state index in [-0.39, 0.29) is 5.91 Å². The van der Waals surface area contributed by atoms with Gasteiger partial charge in [0.25, 0.3) is 5.91 Å². The number of hydrogen-bond donors (Lipinski definition) is 0. The van der Waals surface area contributed by atoms with Crippen LogP contribution in [0.15, 0.2) is 60.7 Å². The summed E-state index contributed by atoms with van der Waals surface area (Å²) >= 11 is 5.80. The standard InChI is InChI=1S/C16H16ClNO/c17-11-12-18(13-14-7-3-1-4-8-14)16(19)15-9-5-2-6-10-15/h1-10H,11-13H2. The van der Waals surface area contributed by atoms with Crippen LogP contribution in [-0.2, 0) is 6.54 Å². The molecule has 1 amide bonds. The molecule has 0 saturated carbocycles. The average Bonchev–Trinajstić information content (AvgIpc) is 2.48. The Labute approximate surface area is 118 Å². The van der Waals surface area contributed by atoms with E-state index in [1.165, 1.54) is 0 Å². The maximum absolute atomic E-state index is 12.4. The van der Waals surface area contributed by atoms with Gasteiger partial charge in [-0.25, -0.2) is 0 Å². The van der Waals surface area contributed by atoms with Gasteiger partial charge < -0.3 is 4.90 Å². The normalized spacial score (nSPS) is 10.2. The first-order valence-corrected chi connectivity index (χ1v) is 6.79. The molecular formula is C16H16ClNO. The Balaban J connectivity index is 2.14. The van der Waals surface area contributed by atoms with Crippen LogP contribution in [0.1, 0.15) is 15.9 Å². The fourth-order valence-electron chi connectivity index (χ4n) is 1.92. The van der Waals surface area contributed by atoms with Gasteiger partial charge in [-0.2, -0.15) is 0 Å². The molecule has 3 heteroatoms. The van der Waals surface area contributed by atoms with Gasteiger partial charge in [0.05, 0.1) is 0 Å². The number of nitrogens with zero attached hydrogens (tertiary/aromatic N) is 1. The molecule has 0 radical (unpaired) electrons. The zero-order chi connectivity index (χ0) is 13.5. The fourth-order valence-corrected chi connectivity index (χ4v) is 2.13. The number of halogens is 1. The number of benzene rings is 2. The van der Waals surface area contributed by atoms with Crippen molar-refractivity contribution in [3.05, 3.63) is 71.8 Å². The van der Waals surface area contributed by atoms with Crippen molar-refractivity contribution in [2.45, 2.75) is 6.54 Å². The molecule has 98 valence electrons. The van der Waals surface area contributed by atoms with Gasteiger partial charge in [0.2, 0.25) is 0 Å². The van der Waals surface area contributed by atoms with E-state index in [0.717, 1.165) is 5.56 Å². The number of rotatable bonds is 5. The first kappa shape index (κ1) is 13.6. The third kappa shape index (κ3) is 3.83. The van der Waals surface area contributed by atoms with Crippen LogP contribution in [0.2, 0.25) is 0 Å². The molecule has 0 unspecified atom stereocenters. The van der Waals surface area contributed by atoms with Crippen molar-refractivity contribution < 1.29 is 4.79 Å². The van der Waals surface area contributed by atoms with Crippen LogP contribution in [0.25, 0.3) is 0 Å². The van der Waals surface area contributed by atoms with Gasteiger partial charge in [-0.3, -0.25) is 4.79 Å². The van der Waals surface area contributed by atoms with Gasteiger partial charge in [-0.1, -0.05) is 48.5 Å². The number of carbonyl (C=O) groups is 1. The summed E-state index contributed by atoms with van der Waals surface area (Å²) < 4.78 is 0. The van der Waals surface area contributed by atoms with E-state index >= 15 is 0 Å². The van der Waals surface area contributed by atoms with E-state index in [1.54, 1.807) is 4.90 Å². The molecule has 0 aliphatic carbocycles. The molecule has 0 fully saturated rings. The van der Waals surface area contributed by atoms with Crippen molar-refractivity contribution >= 4 is 17.5 Å². The van der Waals surface area contributed by atoms with Crippen LogP contribution < -0.4 is 0 Å². The van der Waals surface area contributed by atoms with Crippen molar-refractivity contribution in [1.29, 1.82) is 0 Å². The third-order valence-electron chi connectivity index (χ3n) is 2.88. The third-order valence-corrected chi connectivity index (χ3v) is 3.05. The van der Waals surface area contributed by atoms with Crippen LogP contribution in [-0.4, -0.2) is 23.2 Å². The van der Waals surface area contributed by atoms with Gasteiger partial charge in [-0.15, -0.1) is 11.6 Å². The predicted octanol–water partition coefficient (Wildman–Crippen LogP) is 3.57. The Morgan fingerprint density at radius 1 is 0.947 bits per heavy atom. The highest BCUT2D eigenvalue weighted by Gasteiger charge is 2.14. The molecular weight excluding hydrogens is 258 g/mol. The van der Waals surface area contributed by atoms with Crippen molar-refractivity contribution in [3.8, 4) is 0 Å². The Kier molecular flexibility index (Phi) is 4.99. The van der Waals surface area contributed by atoms with Crippen LogP contribution in [0, 0.1) is 0 Å². The molecule has 0 N–H and O–H groups in total. The lowest BCUT2D eigenvalue weighted by Crippen LogP contribution is -2.32. The van der Waals surface area contributed by atoms with Crippen molar-refractivity contribution in [3.63, 3.8) is 0 Å². The molecule has 0 bridgehead atoms. The maximum Gasteiger partial charge on any atom is 0.254 e. The molecule has 0 saturated heterocycles. The van der Waals surface area contributed by atoms with Crippen LogP contribution in [0.3, 0.4) is 0 Å². The minimum absolute atomic E-state index is 0.0186. The Hall–Kier alpha value is -1.80. The van der Waals surface area contributed by atoms with E-state index in [4.69, 9.17) is 11.6 Å². The molecule has 0 heterocycles. The minimum Gasteiger partial charge on any atom is -0.333 e. The molecule has 0 aliphatic rings. The first-order valence-electron chi connectivity index (χ1n) is 6.25. The molecule has 0 spiro atoms. The number of carbonyl (C=O) groups excluding carboxylic acids is 1. The highest BCUT2D eigenvalue weighted by Crippen LogP contribution is 2.10. The van der Waals surface area contributed by atoms with Crippen LogP contribution >= 0.6 is 11.6 Å². The van der Waals surface area contributed by atoms with Gasteiger partial charge >= 0.3 is 0 Å². The van der Waals surface area contributed by atoms with E-state index in [1.807, 2.05) is 60.7 Å². The molecule has 0 aromatic heterocycles. The Bertz CT molecular complexity index is 513. The second-order valence-electron chi connectivity index (χ2n) is 4.27. The SMILES string of the molecule is O=C(c1ccccc1)N(CCCl)Cc1ccccc1. The van der Waals surface area contributed by atoms with Crippen molar-refractivity contribution in [1.82, 2.24) is 4.90 Å². The van der Waals surface area contributed by atoms with Crippen LogP contribution in [0.4, 0.5) is 0 Å². The van der Waals surface area contributed by atoms with Crippen molar-refractivity contribution in [2.75, 3.05) is 12.4 Å². The smallest absolute Gasteiger partial charge is 0.254 e. The van der Waals surface area contributed by atoms with Crippen molar-refractivity contribution in [2.24, 2.45) is 0 Å². The molecule has 19 heavy (non-hydrogen) atoms. The predicted molar refractivity (Wildman–Crippen MR) is 78.3 cm³/mol.